The van der Waals surface area contributed by atoms with Gasteiger partial charge in [-0.3, -0.25) is 0 Å². The van der Waals surface area contributed by atoms with E-state index in [0.717, 1.165) is 5.56 Å². The smallest absolute Gasteiger partial charge is 0.407 e. The van der Waals surface area contributed by atoms with Crippen LogP contribution in [-0.4, -0.2) is 62.1 Å². The molecule has 0 bridgehead atoms. The Balaban J connectivity index is 1.38. The molecule has 5 rings (SSSR count). The summed E-state index contributed by atoms with van der Waals surface area (Å²) in [6, 6.07) is 13.6. The summed E-state index contributed by atoms with van der Waals surface area (Å²) in [6.07, 6.45) is 5.04. The van der Waals surface area contributed by atoms with Gasteiger partial charge in [0, 0.05) is 48.0 Å². The number of aromatic nitrogens is 4. The molecule has 1 aliphatic rings. The summed E-state index contributed by atoms with van der Waals surface area (Å²) in [6.45, 7) is 6.62. The molecule has 1 fully saturated rings. The maximum Gasteiger partial charge on any atom is 0.407 e. The van der Waals surface area contributed by atoms with E-state index in [9.17, 15) is 18.3 Å². The zero-order chi connectivity index (χ0) is 27.1. The van der Waals surface area contributed by atoms with Crippen molar-refractivity contribution in [2.24, 2.45) is 5.41 Å². The minimum atomic E-state index is -3.77. The first-order valence-electron chi connectivity index (χ1n) is 12.4. The second-order valence-electron chi connectivity index (χ2n) is 10.6. The highest BCUT2D eigenvalue weighted by molar-refractivity contribution is 7.90. The lowest BCUT2D eigenvalue weighted by atomic mass is 9.79. The summed E-state index contributed by atoms with van der Waals surface area (Å²) >= 11 is 0. The van der Waals surface area contributed by atoms with Crippen molar-refractivity contribution in [2.75, 3.05) is 11.9 Å². The van der Waals surface area contributed by atoms with Crippen molar-refractivity contribution in [1.29, 1.82) is 0 Å². The number of likely N-dealkylation sites (tertiary alicyclic amines) is 1. The number of piperidine rings is 1. The number of fused-ring (bicyclic) bond motifs is 1. The fourth-order valence-electron chi connectivity index (χ4n) is 4.99. The van der Waals surface area contributed by atoms with E-state index in [2.05, 4.69) is 41.0 Å². The van der Waals surface area contributed by atoms with Crippen LogP contribution in [0.25, 0.3) is 22.3 Å². The number of anilines is 1. The van der Waals surface area contributed by atoms with Gasteiger partial charge in [-0.15, -0.1) is 0 Å². The first-order valence-corrected chi connectivity index (χ1v) is 13.8. The molecule has 0 saturated carbocycles. The van der Waals surface area contributed by atoms with Gasteiger partial charge in [0.1, 0.15) is 12.1 Å². The van der Waals surface area contributed by atoms with Crippen LogP contribution in [0.4, 0.5) is 10.6 Å². The first-order chi connectivity index (χ1) is 18.0. The summed E-state index contributed by atoms with van der Waals surface area (Å²) in [4.78, 5) is 26.7. The van der Waals surface area contributed by atoms with Gasteiger partial charge >= 0.3 is 6.09 Å². The molecule has 11 heteroatoms. The quantitative estimate of drug-likeness (QED) is 0.377. The Morgan fingerprint density at radius 2 is 1.84 bits per heavy atom. The predicted molar refractivity (Wildman–Crippen MR) is 144 cm³/mol. The lowest BCUT2D eigenvalue weighted by Gasteiger charge is -2.44. The number of amides is 1. The Labute approximate surface area is 221 Å². The van der Waals surface area contributed by atoms with Crippen molar-refractivity contribution >= 4 is 33.0 Å². The number of hydrogen-bond acceptors (Lipinski definition) is 7. The van der Waals surface area contributed by atoms with Crippen LogP contribution in [-0.2, 0) is 10.0 Å². The lowest BCUT2D eigenvalue weighted by molar-refractivity contribution is 0.0557. The van der Waals surface area contributed by atoms with E-state index in [1.807, 2.05) is 12.1 Å². The molecule has 1 saturated heterocycles. The molecule has 4 heterocycles. The van der Waals surface area contributed by atoms with E-state index >= 15 is 0 Å². The van der Waals surface area contributed by atoms with E-state index in [-0.39, 0.29) is 22.4 Å². The van der Waals surface area contributed by atoms with Crippen LogP contribution in [0.2, 0.25) is 0 Å². The molecule has 0 aliphatic carbocycles. The molecular weight excluding hydrogens is 504 g/mol. The van der Waals surface area contributed by atoms with E-state index in [1.165, 1.54) is 21.4 Å². The minimum absolute atomic E-state index is 0.0652. The normalized spacial score (nSPS) is 18.4. The highest BCUT2D eigenvalue weighted by Gasteiger charge is 2.38. The van der Waals surface area contributed by atoms with Gasteiger partial charge in [0.15, 0.2) is 5.65 Å². The van der Waals surface area contributed by atoms with Gasteiger partial charge in [-0.25, -0.2) is 32.1 Å². The lowest BCUT2D eigenvalue weighted by Crippen LogP contribution is -2.54. The molecule has 38 heavy (non-hydrogen) atoms. The first kappa shape index (κ1) is 25.7. The van der Waals surface area contributed by atoms with E-state index in [0.29, 0.717) is 41.9 Å². The zero-order valence-electron chi connectivity index (χ0n) is 21.4. The summed E-state index contributed by atoms with van der Waals surface area (Å²) in [5.41, 5.74) is 1.52. The molecular formula is C27H30N6O4S. The maximum absolute atomic E-state index is 13.1. The molecule has 1 amide bonds. The average Bonchev–Trinajstić information content (AvgIpc) is 3.33. The fourth-order valence-corrected chi connectivity index (χ4v) is 6.32. The third-order valence-corrected chi connectivity index (χ3v) is 8.64. The van der Waals surface area contributed by atoms with Gasteiger partial charge in [0.2, 0.25) is 0 Å². The van der Waals surface area contributed by atoms with Gasteiger partial charge in [-0.2, -0.15) is 0 Å². The third kappa shape index (κ3) is 4.93. The van der Waals surface area contributed by atoms with Gasteiger partial charge in [-0.1, -0.05) is 39.0 Å². The van der Waals surface area contributed by atoms with Crippen molar-refractivity contribution in [3.8, 4) is 11.3 Å². The number of hydrogen-bond donors (Lipinski definition) is 2. The third-order valence-electron chi connectivity index (χ3n) is 6.96. The molecule has 1 aliphatic heterocycles. The second kappa shape index (κ2) is 9.71. The minimum Gasteiger partial charge on any atom is -0.465 e. The summed E-state index contributed by atoms with van der Waals surface area (Å²) < 4.78 is 27.4. The Morgan fingerprint density at radius 3 is 2.55 bits per heavy atom. The number of rotatable bonds is 5. The van der Waals surface area contributed by atoms with Crippen LogP contribution < -0.4 is 5.32 Å². The molecule has 2 unspecified atom stereocenters. The molecule has 2 atom stereocenters. The highest BCUT2D eigenvalue weighted by Crippen LogP contribution is 2.33. The van der Waals surface area contributed by atoms with Gasteiger partial charge in [-0.05, 0) is 42.5 Å². The average molecular weight is 535 g/mol. The van der Waals surface area contributed by atoms with Crippen molar-refractivity contribution in [2.45, 2.75) is 50.6 Å². The topological polar surface area (TPSA) is 130 Å². The van der Waals surface area contributed by atoms with Crippen LogP contribution in [0.5, 0.6) is 0 Å². The van der Waals surface area contributed by atoms with E-state index in [1.54, 1.807) is 42.6 Å². The predicted octanol–water partition coefficient (Wildman–Crippen LogP) is 4.70. The summed E-state index contributed by atoms with van der Waals surface area (Å²) in [5.74, 6) is 0.640. The Bertz CT molecular complexity index is 1580. The van der Waals surface area contributed by atoms with Gasteiger partial charge in [0.25, 0.3) is 10.0 Å². The fraction of sp³-hybridized carbons (Fsp3) is 0.333. The molecule has 198 valence electrons. The van der Waals surface area contributed by atoms with Crippen LogP contribution in [0.3, 0.4) is 0 Å². The van der Waals surface area contributed by atoms with Crippen LogP contribution in [0.1, 0.15) is 33.6 Å². The number of benzene rings is 1. The SMILES string of the molecule is CC(C)(C)C1CC(Nc2cc(-c3cnc4c(ccn4S(=O)(=O)c4ccccc4)c3)ncn2)CCN1C(=O)O. The number of pyridine rings is 1. The molecule has 3 aromatic heterocycles. The standard InChI is InChI=1S/C27H30N6O4S/c1-27(2,3)23-14-20(10-11-32(23)26(34)35)31-24-15-22(29-17-30-24)19-13-18-9-12-33(25(18)28-16-19)38(36,37)21-7-5-4-6-8-21/h4-9,12-13,15-17,20,23H,10-11,14H2,1-3H3,(H,34,35)(H,29,30,31). The zero-order valence-corrected chi connectivity index (χ0v) is 22.3. The van der Waals surface area contributed by atoms with Crippen molar-refractivity contribution in [3.05, 3.63) is 67.3 Å². The van der Waals surface area contributed by atoms with Gasteiger partial charge < -0.3 is 15.3 Å². The van der Waals surface area contributed by atoms with Gasteiger partial charge in [0.05, 0.1) is 10.6 Å². The molecule has 0 radical (unpaired) electrons. The van der Waals surface area contributed by atoms with Crippen molar-refractivity contribution in [3.63, 3.8) is 0 Å². The van der Waals surface area contributed by atoms with Crippen LogP contribution in [0, 0.1) is 5.41 Å². The summed E-state index contributed by atoms with van der Waals surface area (Å²) in [5, 5.41) is 13.8. The highest BCUT2D eigenvalue weighted by atomic mass is 32.2. The summed E-state index contributed by atoms with van der Waals surface area (Å²) in [7, 11) is -3.77. The Kier molecular flexibility index (Phi) is 6.56. The Morgan fingerprint density at radius 1 is 1.08 bits per heavy atom. The number of carboxylic acid groups (broad SMARTS) is 1. The number of nitrogens with zero attached hydrogens (tertiary/aromatic N) is 5. The van der Waals surface area contributed by atoms with E-state index < -0.39 is 16.1 Å². The second-order valence-corrected chi connectivity index (χ2v) is 12.4. The van der Waals surface area contributed by atoms with Crippen LogP contribution >= 0.6 is 0 Å². The Hall–Kier alpha value is -3.99. The molecule has 10 nitrogen and oxygen atoms in total. The molecule has 2 N–H and O–H groups in total. The molecule has 4 aromatic rings. The van der Waals surface area contributed by atoms with Crippen molar-refractivity contribution in [1.82, 2.24) is 23.8 Å². The largest absolute Gasteiger partial charge is 0.465 e. The van der Waals surface area contributed by atoms with Crippen LogP contribution in [0.15, 0.2) is 72.1 Å². The monoisotopic (exact) mass is 534 g/mol. The molecule has 0 spiro atoms. The number of nitrogens with one attached hydrogen (secondary N) is 1. The van der Waals surface area contributed by atoms with E-state index in [4.69, 9.17) is 0 Å². The maximum atomic E-state index is 13.1. The number of carbonyl (C=O) groups is 1. The molecule has 1 aromatic carbocycles. The van der Waals surface area contributed by atoms with Crippen molar-refractivity contribution < 1.29 is 18.3 Å².